The van der Waals surface area contributed by atoms with Crippen LogP contribution in [0.4, 0.5) is 0 Å². The molecule has 0 aromatic heterocycles. The molecule has 2 nitrogen and oxygen atoms in total. The number of hydrogen-bond acceptors (Lipinski definition) is 2. The quantitative estimate of drug-likeness (QED) is 0.209. The van der Waals surface area contributed by atoms with E-state index in [9.17, 15) is 4.79 Å². The van der Waals surface area contributed by atoms with E-state index in [1.54, 1.807) is 0 Å². The van der Waals surface area contributed by atoms with Crippen molar-refractivity contribution >= 4 is 5.97 Å². The third-order valence-electron chi connectivity index (χ3n) is 4.53. The van der Waals surface area contributed by atoms with Crippen LogP contribution in [0.2, 0.25) is 0 Å². The van der Waals surface area contributed by atoms with Crippen LogP contribution in [0.3, 0.4) is 0 Å². The first-order chi connectivity index (χ1) is 11.2. The van der Waals surface area contributed by atoms with Crippen LogP contribution < -0.4 is 0 Å². The molecule has 0 bridgehead atoms. The smallest absolute Gasteiger partial charge is 0.306 e. The molecule has 0 saturated heterocycles. The van der Waals surface area contributed by atoms with E-state index in [4.69, 9.17) is 4.74 Å². The first-order valence-electron chi connectivity index (χ1n) is 10.4. The molecule has 138 valence electrons. The maximum absolute atomic E-state index is 11.7. The average molecular weight is 327 g/mol. The summed E-state index contributed by atoms with van der Waals surface area (Å²) in [4.78, 5) is 11.7. The Hall–Kier alpha value is -0.530. The largest absolute Gasteiger partial charge is 0.463 e. The number of carbonyl (C=O) groups is 1. The van der Waals surface area contributed by atoms with Crippen LogP contribution in [0.25, 0.3) is 0 Å². The fourth-order valence-electron chi connectivity index (χ4n) is 2.96. The minimum atomic E-state index is 0.00456. The normalized spacial score (nSPS) is 12.3. The SMILES string of the molecule is CCCCCCCCCCCC(C)OC(=O)CCCCCCC. The number of unbranched alkanes of at least 4 members (excludes halogenated alkanes) is 12. The summed E-state index contributed by atoms with van der Waals surface area (Å²) in [6.07, 6.45) is 19.8. The Morgan fingerprint density at radius 1 is 0.696 bits per heavy atom. The molecule has 0 aromatic carbocycles. The van der Waals surface area contributed by atoms with E-state index in [2.05, 4.69) is 13.8 Å². The Morgan fingerprint density at radius 2 is 1.13 bits per heavy atom. The van der Waals surface area contributed by atoms with Crippen molar-refractivity contribution in [3.8, 4) is 0 Å². The third kappa shape index (κ3) is 17.7. The average Bonchev–Trinajstić information content (AvgIpc) is 2.53. The van der Waals surface area contributed by atoms with Gasteiger partial charge in [0.1, 0.15) is 0 Å². The van der Waals surface area contributed by atoms with Gasteiger partial charge in [-0.1, -0.05) is 90.9 Å². The van der Waals surface area contributed by atoms with Gasteiger partial charge in [0, 0.05) is 6.42 Å². The van der Waals surface area contributed by atoms with Gasteiger partial charge in [-0.25, -0.2) is 0 Å². The van der Waals surface area contributed by atoms with Crippen molar-refractivity contribution in [3.63, 3.8) is 0 Å². The summed E-state index contributed by atoms with van der Waals surface area (Å²) >= 11 is 0. The summed E-state index contributed by atoms with van der Waals surface area (Å²) in [5.41, 5.74) is 0. The molecule has 0 aliphatic heterocycles. The van der Waals surface area contributed by atoms with E-state index in [0.717, 1.165) is 19.3 Å². The standard InChI is InChI=1S/C21H42O2/c1-4-6-8-10-11-12-13-15-16-18-20(3)23-21(22)19-17-14-9-7-5-2/h20H,4-19H2,1-3H3. The molecule has 0 fully saturated rings. The van der Waals surface area contributed by atoms with Gasteiger partial charge in [-0.3, -0.25) is 4.79 Å². The van der Waals surface area contributed by atoms with Gasteiger partial charge < -0.3 is 4.74 Å². The molecule has 0 radical (unpaired) electrons. The fraction of sp³-hybridized carbons (Fsp3) is 0.952. The highest BCUT2D eigenvalue weighted by atomic mass is 16.5. The van der Waals surface area contributed by atoms with E-state index < -0.39 is 0 Å². The lowest BCUT2D eigenvalue weighted by Crippen LogP contribution is -2.14. The lowest BCUT2D eigenvalue weighted by Gasteiger charge is -2.13. The highest BCUT2D eigenvalue weighted by Gasteiger charge is 2.08. The molecule has 2 heteroatoms. The van der Waals surface area contributed by atoms with Gasteiger partial charge in [0.15, 0.2) is 0 Å². The van der Waals surface area contributed by atoms with E-state index in [-0.39, 0.29) is 12.1 Å². The summed E-state index contributed by atoms with van der Waals surface area (Å²) in [6, 6.07) is 0. The van der Waals surface area contributed by atoms with Crippen LogP contribution in [0.1, 0.15) is 124 Å². The van der Waals surface area contributed by atoms with Crippen molar-refractivity contribution in [2.75, 3.05) is 0 Å². The highest BCUT2D eigenvalue weighted by molar-refractivity contribution is 5.69. The number of ether oxygens (including phenoxy) is 1. The monoisotopic (exact) mass is 326 g/mol. The van der Waals surface area contributed by atoms with Crippen LogP contribution in [-0.2, 0) is 9.53 Å². The van der Waals surface area contributed by atoms with Crippen molar-refractivity contribution < 1.29 is 9.53 Å². The fourth-order valence-corrected chi connectivity index (χ4v) is 2.96. The van der Waals surface area contributed by atoms with Crippen LogP contribution >= 0.6 is 0 Å². The summed E-state index contributed by atoms with van der Waals surface area (Å²) in [6.45, 7) is 6.52. The zero-order valence-electron chi connectivity index (χ0n) is 16.2. The molecule has 0 amide bonds. The Balaban J connectivity index is 3.32. The molecule has 23 heavy (non-hydrogen) atoms. The molecule has 0 spiro atoms. The van der Waals surface area contributed by atoms with E-state index in [0.29, 0.717) is 6.42 Å². The van der Waals surface area contributed by atoms with E-state index in [1.165, 1.54) is 77.0 Å². The summed E-state index contributed by atoms with van der Waals surface area (Å²) in [5.74, 6) is 0.00456. The highest BCUT2D eigenvalue weighted by Crippen LogP contribution is 2.13. The van der Waals surface area contributed by atoms with Crippen molar-refractivity contribution in [1.29, 1.82) is 0 Å². The number of rotatable bonds is 17. The summed E-state index contributed by atoms with van der Waals surface area (Å²) in [5, 5.41) is 0. The predicted molar refractivity (Wildman–Crippen MR) is 101 cm³/mol. The van der Waals surface area contributed by atoms with Crippen LogP contribution in [0.15, 0.2) is 0 Å². The van der Waals surface area contributed by atoms with Gasteiger partial charge >= 0.3 is 5.97 Å². The minimum Gasteiger partial charge on any atom is -0.463 e. The lowest BCUT2D eigenvalue weighted by atomic mass is 10.1. The second kappa shape index (κ2) is 17.8. The molecule has 0 heterocycles. The van der Waals surface area contributed by atoms with Gasteiger partial charge in [-0.2, -0.15) is 0 Å². The lowest BCUT2D eigenvalue weighted by molar-refractivity contribution is -0.148. The number of carbonyl (C=O) groups excluding carboxylic acids is 1. The van der Waals surface area contributed by atoms with Gasteiger partial charge in [0.25, 0.3) is 0 Å². The van der Waals surface area contributed by atoms with E-state index >= 15 is 0 Å². The van der Waals surface area contributed by atoms with Crippen molar-refractivity contribution in [2.45, 2.75) is 130 Å². The molecule has 0 aliphatic rings. The molecular formula is C21H42O2. The number of esters is 1. The molecule has 0 aromatic rings. The summed E-state index contributed by atoms with van der Waals surface area (Å²) in [7, 11) is 0. The molecule has 0 aliphatic carbocycles. The zero-order valence-corrected chi connectivity index (χ0v) is 16.2. The van der Waals surface area contributed by atoms with Crippen LogP contribution in [0.5, 0.6) is 0 Å². The van der Waals surface area contributed by atoms with Crippen LogP contribution in [-0.4, -0.2) is 12.1 Å². The Morgan fingerprint density at radius 3 is 1.65 bits per heavy atom. The van der Waals surface area contributed by atoms with E-state index in [1.807, 2.05) is 6.92 Å². The Kier molecular flexibility index (Phi) is 17.4. The van der Waals surface area contributed by atoms with Crippen LogP contribution in [0, 0.1) is 0 Å². The van der Waals surface area contributed by atoms with Crippen molar-refractivity contribution in [2.24, 2.45) is 0 Å². The zero-order chi connectivity index (χ0) is 17.2. The van der Waals surface area contributed by atoms with Gasteiger partial charge in [0.2, 0.25) is 0 Å². The third-order valence-corrected chi connectivity index (χ3v) is 4.53. The predicted octanol–water partition coefficient (Wildman–Crippen LogP) is 7.20. The van der Waals surface area contributed by atoms with Gasteiger partial charge in [0.05, 0.1) is 6.10 Å². The molecular weight excluding hydrogens is 284 g/mol. The number of hydrogen-bond donors (Lipinski definition) is 0. The molecule has 0 rings (SSSR count). The van der Waals surface area contributed by atoms with Gasteiger partial charge in [-0.15, -0.1) is 0 Å². The first kappa shape index (κ1) is 22.5. The topological polar surface area (TPSA) is 26.3 Å². The molecule has 0 saturated carbocycles. The Bertz CT molecular complexity index is 250. The molecule has 1 unspecified atom stereocenters. The first-order valence-corrected chi connectivity index (χ1v) is 10.4. The Labute approximate surface area is 145 Å². The maximum atomic E-state index is 11.7. The van der Waals surface area contributed by atoms with Crippen molar-refractivity contribution in [3.05, 3.63) is 0 Å². The maximum Gasteiger partial charge on any atom is 0.306 e. The second-order valence-corrected chi connectivity index (χ2v) is 7.08. The van der Waals surface area contributed by atoms with Crippen molar-refractivity contribution in [1.82, 2.24) is 0 Å². The summed E-state index contributed by atoms with van der Waals surface area (Å²) < 4.78 is 5.49. The molecule has 0 N–H and O–H groups in total. The molecule has 1 atom stereocenters. The minimum absolute atomic E-state index is 0.00456. The second-order valence-electron chi connectivity index (χ2n) is 7.08. The van der Waals surface area contributed by atoms with Gasteiger partial charge in [-0.05, 0) is 26.2 Å².